The quantitative estimate of drug-likeness (QED) is 0.769. The molecule has 0 aliphatic carbocycles. The van der Waals surface area contributed by atoms with E-state index in [1.165, 1.54) is 0 Å². The van der Waals surface area contributed by atoms with E-state index in [1.54, 1.807) is 0 Å². The number of benzene rings is 1. The molecule has 0 saturated carbocycles. The summed E-state index contributed by atoms with van der Waals surface area (Å²) in [5.74, 6) is 1.56. The lowest BCUT2D eigenvalue weighted by molar-refractivity contribution is 0.255. The SMILES string of the molecule is CCC(C)COc1cc(C)c(N)cc1C. The molecule has 1 atom stereocenters. The van der Waals surface area contributed by atoms with Gasteiger partial charge in [-0.15, -0.1) is 0 Å². The summed E-state index contributed by atoms with van der Waals surface area (Å²) >= 11 is 0. The molecule has 84 valence electrons. The molecule has 15 heavy (non-hydrogen) atoms. The van der Waals surface area contributed by atoms with Gasteiger partial charge in [0.15, 0.2) is 0 Å². The Labute approximate surface area is 92.4 Å². The van der Waals surface area contributed by atoms with Gasteiger partial charge in [0.25, 0.3) is 0 Å². The van der Waals surface area contributed by atoms with Crippen molar-refractivity contribution in [3.63, 3.8) is 0 Å². The second kappa shape index (κ2) is 5.06. The van der Waals surface area contributed by atoms with E-state index < -0.39 is 0 Å². The largest absolute Gasteiger partial charge is 0.493 e. The number of nitrogen functional groups attached to an aromatic ring is 1. The Bertz CT molecular complexity index is 334. The second-order valence-corrected chi connectivity index (χ2v) is 4.30. The average molecular weight is 207 g/mol. The molecule has 0 radical (unpaired) electrons. The molecule has 0 amide bonds. The first-order valence-electron chi connectivity index (χ1n) is 5.54. The number of nitrogens with two attached hydrogens (primary N) is 1. The smallest absolute Gasteiger partial charge is 0.122 e. The molecule has 0 heterocycles. The Morgan fingerprint density at radius 2 is 1.93 bits per heavy atom. The van der Waals surface area contributed by atoms with Crippen LogP contribution < -0.4 is 10.5 Å². The molecule has 0 bridgehead atoms. The normalized spacial score (nSPS) is 12.5. The molecule has 2 nitrogen and oxygen atoms in total. The zero-order valence-corrected chi connectivity index (χ0v) is 10.1. The molecular formula is C13H21NO. The molecule has 0 aromatic heterocycles. The zero-order chi connectivity index (χ0) is 11.4. The number of hydrogen-bond donors (Lipinski definition) is 1. The van der Waals surface area contributed by atoms with Crippen molar-refractivity contribution in [3.05, 3.63) is 23.3 Å². The number of rotatable bonds is 4. The Morgan fingerprint density at radius 3 is 2.53 bits per heavy atom. The van der Waals surface area contributed by atoms with Gasteiger partial charge in [-0.25, -0.2) is 0 Å². The summed E-state index contributed by atoms with van der Waals surface area (Å²) in [6.45, 7) is 9.18. The molecule has 0 aliphatic rings. The second-order valence-electron chi connectivity index (χ2n) is 4.30. The van der Waals surface area contributed by atoms with Crippen LogP contribution in [0.3, 0.4) is 0 Å². The number of anilines is 1. The lowest BCUT2D eigenvalue weighted by Gasteiger charge is -2.14. The number of hydrogen-bond acceptors (Lipinski definition) is 2. The van der Waals surface area contributed by atoms with Crippen LogP contribution in [0.4, 0.5) is 5.69 Å². The van der Waals surface area contributed by atoms with E-state index in [4.69, 9.17) is 10.5 Å². The van der Waals surface area contributed by atoms with E-state index in [0.29, 0.717) is 5.92 Å². The van der Waals surface area contributed by atoms with Crippen molar-refractivity contribution >= 4 is 5.69 Å². The molecule has 1 aromatic rings. The maximum Gasteiger partial charge on any atom is 0.122 e. The van der Waals surface area contributed by atoms with E-state index in [2.05, 4.69) is 13.8 Å². The Morgan fingerprint density at radius 1 is 1.27 bits per heavy atom. The van der Waals surface area contributed by atoms with E-state index in [-0.39, 0.29) is 0 Å². The fourth-order valence-corrected chi connectivity index (χ4v) is 1.32. The summed E-state index contributed by atoms with van der Waals surface area (Å²) in [6.07, 6.45) is 1.15. The Hall–Kier alpha value is -1.18. The van der Waals surface area contributed by atoms with Crippen LogP contribution in [0.2, 0.25) is 0 Å². The van der Waals surface area contributed by atoms with Crippen LogP contribution in [-0.2, 0) is 0 Å². The summed E-state index contributed by atoms with van der Waals surface area (Å²) in [5.41, 5.74) is 8.85. The van der Waals surface area contributed by atoms with Crippen LogP contribution in [0.25, 0.3) is 0 Å². The molecule has 1 aromatic carbocycles. The maximum atomic E-state index is 5.82. The first-order chi connectivity index (χ1) is 7.04. The predicted octanol–water partition coefficient (Wildman–Crippen LogP) is 3.31. The summed E-state index contributed by atoms with van der Waals surface area (Å²) < 4.78 is 5.77. The molecule has 0 saturated heterocycles. The minimum Gasteiger partial charge on any atom is -0.493 e. The van der Waals surface area contributed by atoms with Crippen molar-refractivity contribution in [3.8, 4) is 5.75 Å². The van der Waals surface area contributed by atoms with Crippen molar-refractivity contribution in [2.24, 2.45) is 5.92 Å². The van der Waals surface area contributed by atoms with Gasteiger partial charge in [0.05, 0.1) is 6.61 Å². The highest BCUT2D eigenvalue weighted by Gasteiger charge is 2.05. The monoisotopic (exact) mass is 207 g/mol. The third kappa shape index (κ3) is 3.15. The van der Waals surface area contributed by atoms with Gasteiger partial charge in [0.1, 0.15) is 5.75 Å². The Kier molecular flexibility index (Phi) is 4.01. The summed E-state index contributed by atoms with van der Waals surface area (Å²) in [4.78, 5) is 0. The van der Waals surface area contributed by atoms with Crippen LogP contribution in [0.5, 0.6) is 5.75 Å². The summed E-state index contributed by atoms with van der Waals surface area (Å²) in [6, 6.07) is 3.99. The highest BCUT2D eigenvalue weighted by molar-refractivity contribution is 5.53. The first-order valence-corrected chi connectivity index (χ1v) is 5.54. The third-order valence-corrected chi connectivity index (χ3v) is 2.78. The molecule has 1 rings (SSSR count). The van der Waals surface area contributed by atoms with Crippen molar-refractivity contribution in [2.45, 2.75) is 34.1 Å². The van der Waals surface area contributed by atoms with E-state index >= 15 is 0 Å². The van der Waals surface area contributed by atoms with Crippen molar-refractivity contribution in [1.82, 2.24) is 0 Å². The minimum absolute atomic E-state index is 0.599. The standard InChI is InChI=1S/C13H21NO/c1-5-9(2)8-15-13-7-10(3)12(14)6-11(13)4/h6-7,9H,5,8,14H2,1-4H3. The molecule has 1 unspecified atom stereocenters. The third-order valence-electron chi connectivity index (χ3n) is 2.78. The van der Waals surface area contributed by atoms with Gasteiger partial charge in [0.2, 0.25) is 0 Å². The molecule has 0 aliphatic heterocycles. The van der Waals surface area contributed by atoms with Gasteiger partial charge in [-0.3, -0.25) is 0 Å². The van der Waals surface area contributed by atoms with Gasteiger partial charge in [0, 0.05) is 5.69 Å². The lowest BCUT2D eigenvalue weighted by Crippen LogP contribution is -2.08. The van der Waals surface area contributed by atoms with E-state index in [1.807, 2.05) is 26.0 Å². The van der Waals surface area contributed by atoms with E-state index in [9.17, 15) is 0 Å². The highest BCUT2D eigenvalue weighted by Crippen LogP contribution is 2.24. The topological polar surface area (TPSA) is 35.2 Å². The molecule has 0 spiro atoms. The molecule has 2 N–H and O–H groups in total. The van der Waals surface area contributed by atoms with Crippen LogP contribution in [0.15, 0.2) is 12.1 Å². The van der Waals surface area contributed by atoms with Crippen LogP contribution >= 0.6 is 0 Å². The zero-order valence-electron chi connectivity index (χ0n) is 10.1. The van der Waals surface area contributed by atoms with Crippen LogP contribution in [-0.4, -0.2) is 6.61 Å². The minimum atomic E-state index is 0.599. The van der Waals surface area contributed by atoms with Crippen molar-refractivity contribution < 1.29 is 4.74 Å². The molecule has 0 fully saturated rings. The fourth-order valence-electron chi connectivity index (χ4n) is 1.32. The van der Waals surface area contributed by atoms with Gasteiger partial charge in [-0.05, 0) is 43.0 Å². The lowest BCUT2D eigenvalue weighted by atomic mass is 10.1. The van der Waals surface area contributed by atoms with Gasteiger partial charge >= 0.3 is 0 Å². The van der Waals surface area contributed by atoms with E-state index in [0.717, 1.165) is 35.6 Å². The maximum absolute atomic E-state index is 5.82. The highest BCUT2D eigenvalue weighted by atomic mass is 16.5. The summed E-state index contributed by atoms with van der Waals surface area (Å²) in [5, 5.41) is 0. The van der Waals surface area contributed by atoms with Crippen LogP contribution in [0, 0.1) is 19.8 Å². The number of aryl methyl sites for hydroxylation is 2. The van der Waals surface area contributed by atoms with Crippen molar-refractivity contribution in [2.75, 3.05) is 12.3 Å². The van der Waals surface area contributed by atoms with Gasteiger partial charge in [-0.2, -0.15) is 0 Å². The Balaban J connectivity index is 2.73. The predicted molar refractivity (Wildman–Crippen MR) is 65.3 cm³/mol. The molecule has 2 heteroatoms. The molecular weight excluding hydrogens is 186 g/mol. The van der Waals surface area contributed by atoms with Gasteiger partial charge < -0.3 is 10.5 Å². The first kappa shape index (κ1) is 11.9. The van der Waals surface area contributed by atoms with Gasteiger partial charge in [-0.1, -0.05) is 20.3 Å². The van der Waals surface area contributed by atoms with Crippen molar-refractivity contribution in [1.29, 1.82) is 0 Å². The average Bonchev–Trinajstić information content (AvgIpc) is 2.21. The number of ether oxygens (including phenoxy) is 1. The van der Waals surface area contributed by atoms with Crippen LogP contribution in [0.1, 0.15) is 31.4 Å². The summed E-state index contributed by atoms with van der Waals surface area (Å²) in [7, 11) is 0. The fraction of sp³-hybridized carbons (Fsp3) is 0.538.